The quantitative estimate of drug-likeness (QED) is 0.692. The maximum Gasteiger partial charge on any atom is 0.218 e. The second-order valence-corrected chi connectivity index (χ2v) is 7.89. The number of benzene rings is 1. The number of hydrogen-bond acceptors (Lipinski definition) is 4. The summed E-state index contributed by atoms with van der Waals surface area (Å²) in [6, 6.07) is 9.74. The highest BCUT2D eigenvalue weighted by molar-refractivity contribution is 7.89. The first-order valence-corrected chi connectivity index (χ1v) is 9.74. The van der Waals surface area contributed by atoms with Crippen molar-refractivity contribution in [3.8, 4) is 0 Å². The van der Waals surface area contributed by atoms with Gasteiger partial charge in [0.05, 0.1) is 25.0 Å². The maximum absolute atomic E-state index is 12.5. The first-order valence-electron chi connectivity index (χ1n) is 8.13. The molecule has 0 amide bonds. The summed E-state index contributed by atoms with van der Waals surface area (Å²) in [6.07, 6.45) is 3.97. The Labute approximate surface area is 145 Å². The molecule has 0 saturated carbocycles. The van der Waals surface area contributed by atoms with Crippen molar-refractivity contribution in [2.75, 3.05) is 25.4 Å². The van der Waals surface area contributed by atoms with E-state index in [2.05, 4.69) is 18.5 Å². The molecule has 0 bridgehead atoms. The van der Waals surface area contributed by atoms with Gasteiger partial charge in [-0.05, 0) is 12.0 Å². The average molecular weight is 350 g/mol. The Balaban J connectivity index is 1.99. The van der Waals surface area contributed by atoms with Crippen LogP contribution in [0.2, 0.25) is 0 Å². The number of nitrogens with one attached hydrogen (secondary N) is 1. The Morgan fingerprint density at radius 1 is 1.25 bits per heavy atom. The van der Waals surface area contributed by atoms with E-state index in [1.54, 1.807) is 4.31 Å². The highest BCUT2D eigenvalue weighted by Gasteiger charge is 2.35. The molecule has 1 saturated heterocycles. The lowest BCUT2D eigenvalue weighted by Gasteiger charge is -2.39. The van der Waals surface area contributed by atoms with Gasteiger partial charge in [-0.25, -0.2) is 8.42 Å². The van der Waals surface area contributed by atoms with Gasteiger partial charge < -0.3 is 10.1 Å². The first kappa shape index (κ1) is 18.9. The van der Waals surface area contributed by atoms with E-state index >= 15 is 0 Å². The van der Waals surface area contributed by atoms with Crippen LogP contribution in [0.15, 0.2) is 55.6 Å². The van der Waals surface area contributed by atoms with Crippen LogP contribution < -0.4 is 5.32 Å². The van der Waals surface area contributed by atoms with E-state index in [0.29, 0.717) is 26.3 Å². The zero-order valence-corrected chi connectivity index (χ0v) is 14.7. The molecular weight excluding hydrogens is 324 g/mol. The number of sulfonamides is 1. The van der Waals surface area contributed by atoms with Crippen molar-refractivity contribution in [1.29, 1.82) is 0 Å². The van der Waals surface area contributed by atoms with Crippen LogP contribution in [0.3, 0.4) is 0 Å². The van der Waals surface area contributed by atoms with Crippen molar-refractivity contribution in [3.63, 3.8) is 0 Å². The fraction of sp³-hybridized carbons (Fsp3) is 0.444. The van der Waals surface area contributed by atoms with Crippen LogP contribution in [0.25, 0.3) is 0 Å². The van der Waals surface area contributed by atoms with Crippen molar-refractivity contribution < 1.29 is 13.2 Å². The Morgan fingerprint density at radius 2 is 2.00 bits per heavy atom. The summed E-state index contributed by atoms with van der Waals surface area (Å²) in [5.41, 5.74) is 1.08. The van der Waals surface area contributed by atoms with Gasteiger partial charge in [0.2, 0.25) is 10.0 Å². The lowest BCUT2D eigenvalue weighted by atomic mass is 10.1. The van der Waals surface area contributed by atoms with Gasteiger partial charge in [-0.3, -0.25) is 0 Å². The predicted molar refractivity (Wildman–Crippen MR) is 97.2 cm³/mol. The molecule has 1 aromatic carbocycles. The normalized spacial score (nSPS) is 22.2. The number of hydrogen-bond donors (Lipinski definition) is 1. The molecule has 1 heterocycles. The molecule has 1 fully saturated rings. The van der Waals surface area contributed by atoms with Crippen LogP contribution in [0.5, 0.6) is 0 Å². The molecule has 6 heteroatoms. The third kappa shape index (κ3) is 5.27. The molecule has 0 aliphatic carbocycles. The molecule has 0 spiro atoms. The smallest absolute Gasteiger partial charge is 0.218 e. The van der Waals surface area contributed by atoms with Crippen LogP contribution in [0.4, 0.5) is 0 Å². The molecule has 1 aliphatic heterocycles. The summed E-state index contributed by atoms with van der Waals surface area (Å²) in [7, 11) is -3.37. The minimum absolute atomic E-state index is 0.0526. The summed E-state index contributed by atoms with van der Waals surface area (Å²) in [5.74, 6) is -0.0526. The molecule has 2 rings (SSSR count). The van der Waals surface area contributed by atoms with Crippen molar-refractivity contribution in [2.45, 2.75) is 25.1 Å². The van der Waals surface area contributed by atoms with Gasteiger partial charge in [0.25, 0.3) is 0 Å². The second-order valence-electron chi connectivity index (χ2n) is 5.92. The average Bonchev–Trinajstić information content (AvgIpc) is 2.57. The van der Waals surface area contributed by atoms with Crippen LogP contribution in [0.1, 0.15) is 12.0 Å². The summed E-state index contributed by atoms with van der Waals surface area (Å²) in [4.78, 5) is 0. The van der Waals surface area contributed by atoms with E-state index in [9.17, 15) is 8.42 Å². The summed E-state index contributed by atoms with van der Waals surface area (Å²) in [6.45, 7) is 9.13. The van der Waals surface area contributed by atoms with Crippen LogP contribution >= 0.6 is 0 Å². The molecule has 0 aromatic heterocycles. The standard InChI is InChI=1S/C18H26N2O3S/c1-3-8-17-13-20(24(21,22)11-4-2)18(12-19-17)15-23-14-16-9-6-5-7-10-16/h3-7,9-10,17-19H,1-2,8,11-15H2/t17-,18-/m1/s1. The number of ether oxygens (including phenoxy) is 1. The van der Waals surface area contributed by atoms with Gasteiger partial charge in [0.15, 0.2) is 0 Å². The Kier molecular flexibility index (Phi) is 7.17. The molecule has 24 heavy (non-hydrogen) atoms. The van der Waals surface area contributed by atoms with E-state index in [0.717, 1.165) is 12.0 Å². The minimum Gasteiger partial charge on any atom is -0.375 e. The summed E-state index contributed by atoms with van der Waals surface area (Å²) in [5, 5.41) is 3.38. The topological polar surface area (TPSA) is 58.6 Å². The zero-order valence-electron chi connectivity index (χ0n) is 13.9. The molecule has 132 valence electrons. The van der Waals surface area contributed by atoms with Crippen molar-refractivity contribution in [3.05, 3.63) is 61.2 Å². The number of nitrogens with zero attached hydrogens (tertiary/aromatic N) is 1. The lowest BCUT2D eigenvalue weighted by molar-refractivity contribution is 0.0628. The monoisotopic (exact) mass is 350 g/mol. The van der Waals surface area contributed by atoms with E-state index in [1.165, 1.54) is 6.08 Å². The highest BCUT2D eigenvalue weighted by atomic mass is 32.2. The van der Waals surface area contributed by atoms with Gasteiger partial charge in [0, 0.05) is 19.1 Å². The fourth-order valence-corrected chi connectivity index (χ4v) is 4.29. The van der Waals surface area contributed by atoms with Crippen molar-refractivity contribution >= 4 is 10.0 Å². The Hall–Kier alpha value is -1.47. The molecule has 0 unspecified atom stereocenters. The SMILES string of the molecule is C=CC[C@@H]1CN(S(=O)(=O)CC=C)[C@@H](COCc2ccccc2)CN1. The summed E-state index contributed by atoms with van der Waals surface area (Å²) < 4.78 is 32.4. The van der Waals surface area contributed by atoms with Gasteiger partial charge >= 0.3 is 0 Å². The van der Waals surface area contributed by atoms with Gasteiger partial charge in [-0.1, -0.05) is 42.5 Å². The van der Waals surface area contributed by atoms with E-state index in [1.807, 2.05) is 36.4 Å². The lowest BCUT2D eigenvalue weighted by Crippen LogP contribution is -2.59. The van der Waals surface area contributed by atoms with E-state index in [4.69, 9.17) is 4.74 Å². The van der Waals surface area contributed by atoms with Crippen molar-refractivity contribution in [1.82, 2.24) is 9.62 Å². The number of piperazine rings is 1. The molecule has 0 radical (unpaired) electrons. The first-order chi connectivity index (χ1) is 11.6. The summed E-state index contributed by atoms with van der Waals surface area (Å²) >= 11 is 0. The third-order valence-electron chi connectivity index (χ3n) is 4.01. The maximum atomic E-state index is 12.5. The van der Waals surface area contributed by atoms with Crippen molar-refractivity contribution in [2.24, 2.45) is 0 Å². The predicted octanol–water partition coefficient (Wildman–Crippen LogP) is 1.94. The Bertz CT molecular complexity index is 631. The third-order valence-corrected chi connectivity index (χ3v) is 5.83. The molecule has 1 aliphatic rings. The van der Waals surface area contributed by atoms with Crippen LogP contribution in [-0.2, 0) is 21.4 Å². The van der Waals surface area contributed by atoms with Crippen LogP contribution in [-0.4, -0.2) is 50.3 Å². The van der Waals surface area contributed by atoms with Gasteiger partial charge in [0.1, 0.15) is 0 Å². The molecule has 1 N–H and O–H groups in total. The molecule has 2 atom stereocenters. The fourth-order valence-electron chi connectivity index (χ4n) is 2.81. The second kappa shape index (κ2) is 9.13. The Morgan fingerprint density at radius 3 is 2.67 bits per heavy atom. The largest absolute Gasteiger partial charge is 0.375 e. The van der Waals surface area contributed by atoms with Gasteiger partial charge in [-0.2, -0.15) is 4.31 Å². The van der Waals surface area contributed by atoms with Crippen LogP contribution in [0, 0.1) is 0 Å². The van der Waals surface area contributed by atoms with E-state index in [-0.39, 0.29) is 17.8 Å². The number of rotatable bonds is 9. The zero-order chi connectivity index (χ0) is 17.4. The molecular formula is C18H26N2O3S. The molecule has 1 aromatic rings. The minimum atomic E-state index is -3.37. The van der Waals surface area contributed by atoms with Gasteiger partial charge in [-0.15, -0.1) is 13.2 Å². The molecule has 5 nitrogen and oxygen atoms in total. The van der Waals surface area contributed by atoms with E-state index < -0.39 is 10.0 Å². The highest BCUT2D eigenvalue weighted by Crippen LogP contribution is 2.16.